The van der Waals surface area contributed by atoms with Crippen molar-refractivity contribution in [1.29, 1.82) is 0 Å². The molecule has 0 saturated carbocycles. The van der Waals surface area contributed by atoms with Crippen molar-refractivity contribution >= 4 is 5.91 Å². The lowest BCUT2D eigenvalue weighted by Gasteiger charge is -2.10. The number of aromatic nitrogens is 2. The van der Waals surface area contributed by atoms with E-state index in [1.807, 2.05) is 17.8 Å². The van der Waals surface area contributed by atoms with Crippen molar-refractivity contribution in [2.75, 3.05) is 13.1 Å². The van der Waals surface area contributed by atoms with Crippen LogP contribution in [-0.2, 0) is 18.3 Å². The van der Waals surface area contributed by atoms with Gasteiger partial charge in [0.25, 0.3) is 0 Å². The molecule has 17 heavy (non-hydrogen) atoms. The highest BCUT2D eigenvalue weighted by molar-refractivity contribution is 5.82. The summed E-state index contributed by atoms with van der Waals surface area (Å²) in [5, 5.41) is 15.1. The number of amides is 1. The van der Waals surface area contributed by atoms with Gasteiger partial charge in [0.15, 0.2) is 0 Å². The fourth-order valence-electron chi connectivity index (χ4n) is 1.97. The third-order valence-electron chi connectivity index (χ3n) is 2.99. The topological polar surface area (TPSA) is 79.2 Å². The molecule has 2 rings (SSSR count). The first-order valence-electron chi connectivity index (χ1n) is 5.82. The van der Waals surface area contributed by atoms with Gasteiger partial charge in [0, 0.05) is 39.0 Å². The van der Waals surface area contributed by atoms with Crippen LogP contribution in [0.25, 0.3) is 0 Å². The number of β-amino-alcohol motifs (C(OH)–C–C–N with tert-alkyl or cyclic N) is 1. The molecule has 6 nitrogen and oxygen atoms in total. The summed E-state index contributed by atoms with van der Waals surface area (Å²) in [6, 6.07) is -0.258. The molecule has 1 saturated heterocycles. The molecule has 1 fully saturated rings. The summed E-state index contributed by atoms with van der Waals surface area (Å²) in [4.78, 5) is 15.9. The molecule has 2 atom stereocenters. The highest BCUT2D eigenvalue weighted by Gasteiger charge is 2.27. The number of hydrogen-bond donors (Lipinski definition) is 3. The van der Waals surface area contributed by atoms with Crippen LogP contribution >= 0.6 is 0 Å². The molecule has 6 heteroatoms. The minimum absolute atomic E-state index is 0.0456. The van der Waals surface area contributed by atoms with Crippen LogP contribution in [0.15, 0.2) is 12.4 Å². The first-order valence-corrected chi connectivity index (χ1v) is 5.82. The van der Waals surface area contributed by atoms with Crippen molar-refractivity contribution < 1.29 is 9.90 Å². The highest BCUT2D eigenvalue weighted by Crippen LogP contribution is 2.05. The third kappa shape index (κ3) is 3.04. The number of aliphatic hydroxyl groups is 1. The molecule has 2 unspecified atom stereocenters. The predicted octanol–water partition coefficient (Wildman–Crippen LogP) is -1.20. The summed E-state index contributed by atoms with van der Waals surface area (Å²) in [6.45, 7) is 1.06. The van der Waals surface area contributed by atoms with Crippen molar-refractivity contribution in [3.63, 3.8) is 0 Å². The molecule has 94 valence electrons. The normalized spacial score (nSPS) is 23.9. The number of carbonyl (C=O) groups excluding carboxylic acids is 1. The summed E-state index contributed by atoms with van der Waals surface area (Å²) in [5.74, 6) is 0.903. The predicted molar refractivity (Wildman–Crippen MR) is 62.3 cm³/mol. The van der Waals surface area contributed by atoms with Crippen molar-refractivity contribution in [3.8, 4) is 0 Å². The number of aryl methyl sites for hydroxylation is 1. The van der Waals surface area contributed by atoms with Crippen LogP contribution in [0.5, 0.6) is 0 Å². The lowest BCUT2D eigenvalue weighted by Crippen LogP contribution is -2.41. The van der Waals surface area contributed by atoms with Crippen LogP contribution in [0.3, 0.4) is 0 Å². The van der Waals surface area contributed by atoms with E-state index in [0.717, 1.165) is 5.82 Å². The number of rotatable bonds is 4. The van der Waals surface area contributed by atoms with Gasteiger partial charge < -0.3 is 20.3 Å². The van der Waals surface area contributed by atoms with Gasteiger partial charge in [-0.15, -0.1) is 0 Å². The van der Waals surface area contributed by atoms with E-state index in [1.54, 1.807) is 6.20 Å². The average Bonchev–Trinajstić information content (AvgIpc) is 2.88. The Morgan fingerprint density at radius 3 is 3.18 bits per heavy atom. The summed E-state index contributed by atoms with van der Waals surface area (Å²) < 4.78 is 1.93. The molecule has 1 amide bonds. The number of carbonyl (C=O) groups is 1. The Hall–Kier alpha value is -1.40. The quantitative estimate of drug-likeness (QED) is 0.616. The van der Waals surface area contributed by atoms with Crippen LogP contribution in [0, 0.1) is 0 Å². The van der Waals surface area contributed by atoms with E-state index in [2.05, 4.69) is 15.6 Å². The summed E-state index contributed by atoms with van der Waals surface area (Å²) in [5.41, 5.74) is 0. The van der Waals surface area contributed by atoms with Crippen LogP contribution in [0.4, 0.5) is 0 Å². The molecule has 0 aliphatic carbocycles. The fraction of sp³-hybridized carbons (Fsp3) is 0.636. The molecule has 3 N–H and O–H groups in total. The van der Waals surface area contributed by atoms with E-state index in [-0.39, 0.29) is 11.9 Å². The Labute approximate surface area is 100 Å². The maximum Gasteiger partial charge on any atom is 0.237 e. The molecule has 0 radical (unpaired) electrons. The van der Waals surface area contributed by atoms with E-state index in [1.165, 1.54) is 0 Å². The van der Waals surface area contributed by atoms with Gasteiger partial charge in [0.05, 0.1) is 12.1 Å². The first-order chi connectivity index (χ1) is 8.16. The van der Waals surface area contributed by atoms with Gasteiger partial charge >= 0.3 is 0 Å². The van der Waals surface area contributed by atoms with E-state index in [0.29, 0.717) is 25.9 Å². The Bertz CT molecular complexity index is 391. The zero-order chi connectivity index (χ0) is 12.3. The summed E-state index contributed by atoms with van der Waals surface area (Å²) >= 11 is 0. The average molecular weight is 238 g/mol. The SMILES string of the molecule is Cn1ccnc1CCNC(=O)C1CC(O)CN1. The second-order valence-electron chi connectivity index (χ2n) is 4.35. The maximum atomic E-state index is 11.7. The van der Waals surface area contributed by atoms with Gasteiger partial charge in [0.2, 0.25) is 5.91 Å². The molecule has 1 aromatic rings. The van der Waals surface area contributed by atoms with Crippen LogP contribution in [0.1, 0.15) is 12.2 Å². The lowest BCUT2D eigenvalue weighted by molar-refractivity contribution is -0.122. The first kappa shape index (κ1) is 12.1. The van der Waals surface area contributed by atoms with E-state index in [4.69, 9.17) is 0 Å². The number of nitrogens with zero attached hydrogens (tertiary/aromatic N) is 2. The molecule has 1 aromatic heterocycles. The minimum atomic E-state index is -0.403. The van der Waals surface area contributed by atoms with Crippen molar-refractivity contribution in [1.82, 2.24) is 20.2 Å². The largest absolute Gasteiger partial charge is 0.392 e. The Morgan fingerprint density at radius 2 is 2.59 bits per heavy atom. The monoisotopic (exact) mass is 238 g/mol. The Balaban J connectivity index is 1.72. The number of hydrogen-bond acceptors (Lipinski definition) is 4. The summed E-state index contributed by atoms with van der Waals surface area (Å²) in [7, 11) is 1.93. The summed E-state index contributed by atoms with van der Waals surface area (Å²) in [6.07, 6.45) is 4.43. The number of nitrogens with one attached hydrogen (secondary N) is 2. The molecule has 0 bridgehead atoms. The fourth-order valence-corrected chi connectivity index (χ4v) is 1.97. The van der Waals surface area contributed by atoms with Crippen molar-refractivity contribution in [3.05, 3.63) is 18.2 Å². The molecule has 0 spiro atoms. The van der Waals surface area contributed by atoms with Gasteiger partial charge in [0.1, 0.15) is 5.82 Å². The van der Waals surface area contributed by atoms with Crippen LogP contribution < -0.4 is 10.6 Å². The third-order valence-corrected chi connectivity index (χ3v) is 2.99. The van der Waals surface area contributed by atoms with E-state index >= 15 is 0 Å². The zero-order valence-electron chi connectivity index (χ0n) is 9.89. The number of imidazole rings is 1. The van der Waals surface area contributed by atoms with Crippen molar-refractivity contribution in [2.45, 2.75) is 25.0 Å². The Kier molecular flexibility index (Phi) is 3.75. The Morgan fingerprint density at radius 1 is 1.76 bits per heavy atom. The number of aliphatic hydroxyl groups excluding tert-OH is 1. The zero-order valence-corrected chi connectivity index (χ0v) is 9.89. The molecule has 1 aliphatic rings. The smallest absolute Gasteiger partial charge is 0.237 e. The van der Waals surface area contributed by atoms with Gasteiger partial charge in [-0.2, -0.15) is 0 Å². The van der Waals surface area contributed by atoms with Gasteiger partial charge in [-0.1, -0.05) is 0 Å². The van der Waals surface area contributed by atoms with Gasteiger partial charge in [-0.25, -0.2) is 4.98 Å². The van der Waals surface area contributed by atoms with Crippen LogP contribution in [-0.4, -0.2) is 45.8 Å². The van der Waals surface area contributed by atoms with Crippen molar-refractivity contribution in [2.24, 2.45) is 7.05 Å². The molecule has 1 aliphatic heterocycles. The van der Waals surface area contributed by atoms with E-state index < -0.39 is 6.10 Å². The molecular formula is C11H18N4O2. The molecule has 2 heterocycles. The lowest BCUT2D eigenvalue weighted by atomic mass is 10.2. The van der Waals surface area contributed by atoms with Gasteiger partial charge in [-0.05, 0) is 6.42 Å². The molecule has 0 aromatic carbocycles. The standard InChI is InChI=1S/C11H18N4O2/c1-15-5-4-12-10(15)2-3-13-11(17)9-6-8(16)7-14-9/h4-5,8-9,14,16H,2-3,6-7H2,1H3,(H,13,17). The highest BCUT2D eigenvalue weighted by atomic mass is 16.3. The second-order valence-corrected chi connectivity index (χ2v) is 4.35. The minimum Gasteiger partial charge on any atom is -0.392 e. The van der Waals surface area contributed by atoms with Gasteiger partial charge in [-0.3, -0.25) is 4.79 Å². The van der Waals surface area contributed by atoms with E-state index in [9.17, 15) is 9.90 Å². The van der Waals surface area contributed by atoms with Crippen LogP contribution in [0.2, 0.25) is 0 Å². The maximum absolute atomic E-state index is 11.7. The second kappa shape index (κ2) is 5.29. The molecular weight excluding hydrogens is 220 g/mol.